The van der Waals surface area contributed by atoms with Gasteiger partial charge in [0.2, 0.25) is 0 Å². The van der Waals surface area contributed by atoms with Crippen molar-refractivity contribution in [2.24, 2.45) is 11.8 Å². The van der Waals surface area contributed by atoms with Crippen LogP contribution in [0.25, 0.3) is 0 Å². The van der Waals surface area contributed by atoms with Crippen LogP contribution in [0.15, 0.2) is 12.1 Å². The lowest BCUT2D eigenvalue weighted by Crippen LogP contribution is -2.40. The van der Waals surface area contributed by atoms with Crippen LogP contribution in [0.3, 0.4) is 0 Å². The summed E-state index contributed by atoms with van der Waals surface area (Å²) in [4.78, 5) is 15.3. The summed E-state index contributed by atoms with van der Waals surface area (Å²) < 4.78 is 5.84. The molecule has 0 radical (unpaired) electrons. The number of hydrogen-bond donors (Lipinski definition) is 1. The van der Waals surface area contributed by atoms with Crippen molar-refractivity contribution in [2.75, 3.05) is 6.61 Å². The van der Waals surface area contributed by atoms with Gasteiger partial charge in [-0.25, -0.2) is 4.98 Å². The van der Waals surface area contributed by atoms with Gasteiger partial charge in [-0.15, -0.1) is 0 Å². The van der Waals surface area contributed by atoms with Crippen molar-refractivity contribution in [3.8, 4) is 5.75 Å². The Balaban J connectivity index is 2.06. The zero-order valence-corrected chi connectivity index (χ0v) is 13.1. The van der Waals surface area contributed by atoms with Gasteiger partial charge in [-0.3, -0.25) is 4.79 Å². The third kappa shape index (κ3) is 4.03. The highest BCUT2D eigenvalue weighted by Gasteiger charge is 2.36. The molecule has 1 N–H and O–H groups in total. The molecule has 1 fully saturated rings. The van der Waals surface area contributed by atoms with Crippen molar-refractivity contribution in [3.63, 3.8) is 0 Å². The number of ether oxygens (including phenoxy) is 1. The molecule has 21 heavy (non-hydrogen) atoms. The van der Waals surface area contributed by atoms with Crippen molar-refractivity contribution < 1.29 is 14.6 Å². The number of carbonyl (C=O) groups excluding carboxylic acids is 1. The molecule has 4 nitrogen and oxygen atoms in total. The van der Waals surface area contributed by atoms with Crippen molar-refractivity contribution in [3.05, 3.63) is 23.5 Å². The molecule has 2 atom stereocenters. The quantitative estimate of drug-likeness (QED) is 0.847. The first-order valence-electron chi connectivity index (χ1n) is 7.70. The van der Waals surface area contributed by atoms with E-state index in [4.69, 9.17) is 4.74 Å². The second kappa shape index (κ2) is 6.56. The molecule has 1 heterocycles. The lowest BCUT2D eigenvalue weighted by molar-refractivity contribution is -0.0378. The Bertz CT molecular complexity index is 493. The zero-order valence-electron chi connectivity index (χ0n) is 13.1. The van der Waals surface area contributed by atoms with Crippen LogP contribution in [-0.4, -0.2) is 28.6 Å². The van der Waals surface area contributed by atoms with Gasteiger partial charge >= 0.3 is 0 Å². The summed E-state index contributed by atoms with van der Waals surface area (Å²) in [5.41, 5.74) is 0.468. The van der Waals surface area contributed by atoms with Gasteiger partial charge in [0, 0.05) is 5.69 Å². The molecule has 4 heteroatoms. The van der Waals surface area contributed by atoms with Gasteiger partial charge in [-0.1, -0.05) is 12.8 Å². The largest absolute Gasteiger partial charge is 0.491 e. The predicted octanol–water partition coefficient (Wildman–Crippen LogP) is 3.16. The van der Waals surface area contributed by atoms with E-state index in [0.29, 0.717) is 24.0 Å². The Labute approximate surface area is 126 Å². The van der Waals surface area contributed by atoms with Crippen molar-refractivity contribution in [1.29, 1.82) is 0 Å². The minimum Gasteiger partial charge on any atom is -0.491 e. The van der Waals surface area contributed by atoms with E-state index in [1.165, 1.54) is 6.42 Å². The van der Waals surface area contributed by atoms with Crippen LogP contribution >= 0.6 is 0 Å². The average molecular weight is 291 g/mol. The van der Waals surface area contributed by atoms with E-state index in [1.54, 1.807) is 6.07 Å². The summed E-state index contributed by atoms with van der Waals surface area (Å²) in [5.74, 6) is 1.10. The number of aromatic nitrogens is 1. The zero-order chi connectivity index (χ0) is 15.5. The molecule has 0 spiro atoms. The molecule has 2 unspecified atom stereocenters. The average Bonchev–Trinajstić information content (AvgIpc) is 2.45. The van der Waals surface area contributed by atoms with Crippen LogP contribution in [0.5, 0.6) is 5.75 Å². The Morgan fingerprint density at radius 2 is 2.10 bits per heavy atom. The molecule has 2 rings (SSSR count). The lowest BCUT2D eigenvalue weighted by Gasteiger charge is -2.39. The predicted molar refractivity (Wildman–Crippen MR) is 81.6 cm³/mol. The van der Waals surface area contributed by atoms with E-state index in [-0.39, 0.29) is 5.92 Å². The van der Waals surface area contributed by atoms with Crippen LogP contribution in [0.2, 0.25) is 0 Å². The van der Waals surface area contributed by atoms with Crippen LogP contribution in [0.4, 0.5) is 0 Å². The monoisotopic (exact) mass is 291 g/mol. The van der Waals surface area contributed by atoms with E-state index in [2.05, 4.69) is 4.98 Å². The summed E-state index contributed by atoms with van der Waals surface area (Å²) in [6, 6.07) is 3.64. The van der Waals surface area contributed by atoms with E-state index in [1.807, 2.05) is 26.8 Å². The third-order valence-electron chi connectivity index (χ3n) is 4.41. The van der Waals surface area contributed by atoms with Gasteiger partial charge in [0.05, 0.1) is 12.2 Å². The van der Waals surface area contributed by atoms with Gasteiger partial charge in [0.15, 0.2) is 6.29 Å². The molecule has 0 aromatic carbocycles. The smallest absolute Gasteiger partial charge is 0.172 e. The summed E-state index contributed by atoms with van der Waals surface area (Å²) in [5, 5.41) is 10.3. The first kappa shape index (κ1) is 16.0. The van der Waals surface area contributed by atoms with Gasteiger partial charge in [0.25, 0.3) is 0 Å². The molecule has 1 aromatic rings. The molecular formula is C17H25NO3. The van der Waals surface area contributed by atoms with E-state index in [0.717, 1.165) is 31.2 Å². The molecule has 0 aliphatic heterocycles. The highest BCUT2D eigenvalue weighted by molar-refractivity contribution is 5.76. The number of nitrogens with zero attached hydrogens (tertiary/aromatic N) is 1. The van der Waals surface area contributed by atoms with Crippen LogP contribution < -0.4 is 4.74 Å². The number of aldehydes is 1. The minimum absolute atomic E-state index is 0.240. The normalized spacial score (nSPS) is 22.9. The molecule has 116 valence electrons. The maximum absolute atomic E-state index is 11.1. The van der Waals surface area contributed by atoms with E-state index < -0.39 is 5.60 Å². The third-order valence-corrected chi connectivity index (χ3v) is 4.41. The second-order valence-corrected chi connectivity index (χ2v) is 6.57. The van der Waals surface area contributed by atoms with Gasteiger partial charge in [-0.05, 0) is 57.6 Å². The molecule has 0 saturated heterocycles. The lowest BCUT2D eigenvalue weighted by atomic mass is 9.72. The molecule has 1 aromatic heterocycles. The summed E-state index contributed by atoms with van der Waals surface area (Å²) in [6.45, 7) is 6.13. The highest BCUT2D eigenvalue weighted by atomic mass is 16.5. The second-order valence-electron chi connectivity index (χ2n) is 6.57. The minimum atomic E-state index is -0.687. The van der Waals surface area contributed by atoms with Gasteiger partial charge < -0.3 is 9.84 Å². The SMILES string of the molecule is Cc1ccc(OCC2CCCCC2C(C)(C)O)c(C=O)n1. The van der Waals surface area contributed by atoms with Crippen molar-refractivity contribution >= 4 is 6.29 Å². The summed E-state index contributed by atoms with van der Waals surface area (Å²) >= 11 is 0. The van der Waals surface area contributed by atoms with Crippen LogP contribution in [-0.2, 0) is 0 Å². The Morgan fingerprint density at radius 1 is 1.38 bits per heavy atom. The maximum atomic E-state index is 11.1. The Hall–Kier alpha value is -1.42. The highest BCUT2D eigenvalue weighted by Crippen LogP contribution is 2.37. The number of carbonyl (C=O) groups is 1. The molecule has 1 saturated carbocycles. The van der Waals surface area contributed by atoms with Crippen molar-refractivity contribution in [1.82, 2.24) is 4.98 Å². The first-order valence-corrected chi connectivity index (χ1v) is 7.70. The summed E-state index contributed by atoms with van der Waals surface area (Å²) in [6.07, 6.45) is 5.16. The fourth-order valence-corrected chi connectivity index (χ4v) is 3.30. The molecule has 0 bridgehead atoms. The number of pyridine rings is 1. The van der Waals surface area contributed by atoms with Crippen LogP contribution in [0.1, 0.15) is 55.7 Å². The molecule has 1 aliphatic carbocycles. The molecular weight excluding hydrogens is 266 g/mol. The van der Waals surface area contributed by atoms with E-state index in [9.17, 15) is 9.90 Å². The standard InChI is InChI=1S/C17H25NO3/c1-12-8-9-16(15(10-19)18-12)21-11-13-6-4-5-7-14(13)17(2,3)20/h8-10,13-14,20H,4-7,11H2,1-3H3. The molecule has 0 amide bonds. The van der Waals surface area contributed by atoms with Gasteiger partial charge in [0.1, 0.15) is 11.4 Å². The number of hydrogen-bond acceptors (Lipinski definition) is 4. The fraction of sp³-hybridized carbons (Fsp3) is 0.647. The number of aryl methyl sites for hydroxylation is 1. The number of rotatable bonds is 5. The van der Waals surface area contributed by atoms with Crippen LogP contribution in [0, 0.1) is 18.8 Å². The van der Waals surface area contributed by atoms with Crippen molar-refractivity contribution in [2.45, 2.75) is 52.1 Å². The topological polar surface area (TPSA) is 59.4 Å². The summed E-state index contributed by atoms with van der Waals surface area (Å²) in [7, 11) is 0. The van der Waals surface area contributed by atoms with E-state index >= 15 is 0 Å². The Morgan fingerprint density at radius 3 is 2.76 bits per heavy atom. The number of aliphatic hydroxyl groups is 1. The Kier molecular flexibility index (Phi) is 4.99. The first-order chi connectivity index (χ1) is 9.91. The fourth-order valence-electron chi connectivity index (χ4n) is 3.30. The maximum Gasteiger partial charge on any atom is 0.172 e. The molecule has 1 aliphatic rings. The van der Waals surface area contributed by atoms with Gasteiger partial charge in [-0.2, -0.15) is 0 Å².